The number of aromatic nitrogens is 2. The van der Waals surface area contributed by atoms with Crippen molar-refractivity contribution in [1.82, 2.24) is 14.5 Å². The molecule has 0 fully saturated rings. The average Bonchev–Trinajstić information content (AvgIpc) is 2.82. The van der Waals surface area contributed by atoms with Crippen LogP contribution in [0.1, 0.15) is 18.2 Å². The monoisotopic (exact) mass is 294 g/mol. The molecule has 0 aliphatic carbocycles. The van der Waals surface area contributed by atoms with Gasteiger partial charge in [-0.15, -0.1) is 0 Å². The van der Waals surface area contributed by atoms with E-state index in [0.29, 0.717) is 11.4 Å². The molecule has 6 nitrogen and oxygen atoms in total. The van der Waals surface area contributed by atoms with Gasteiger partial charge in [0.1, 0.15) is 0 Å². The van der Waals surface area contributed by atoms with Crippen molar-refractivity contribution in [1.29, 1.82) is 0 Å². The third kappa shape index (κ3) is 3.17. The Morgan fingerprint density at radius 1 is 1.35 bits per heavy atom. The number of benzene rings is 1. The molecule has 0 saturated carbocycles. The van der Waals surface area contributed by atoms with Crippen molar-refractivity contribution < 1.29 is 8.42 Å². The van der Waals surface area contributed by atoms with E-state index < -0.39 is 10.0 Å². The van der Waals surface area contributed by atoms with E-state index in [4.69, 9.17) is 5.73 Å². The highest BCUT2D eigenvalue weighted by Gasteiger charge is 2.15. The van der Waals surface area contributed by atoms with Crippen LogP contribution >= 0.6 is 0 Å². The molecule has 0 bridgehead atoms. The molecule has 0 saturated heterocycles. The van der Waals surface area contributed by atoms with Crippen molar-refractivity contribution in [2.45, 2.75) is 24.8 Å². The third-order valence-electron chi connectivity index (χ3n) is 3.02. The molecule has 1 heterocycles. The number of nitrogens with one attached hydrogen (secondary N) is 1. The van der Waals surface area contributed by atoms with Crippen LogP contribution in [0.25, 0.3) is 0 Å². The van der Waals surface area contributed by atoms with Crippen LogP contribution < -0.4 is 10.5 Å². The summed E-state index contributed by atoms with van der Waals surface area (Å²) in [7, 11) is -1.80. The average molecular weight is 294 g/mol. The summed E-state index contributed by atoms with van der Waals surface area (Å²) in [6.07, 6.45) is 2.53. The molecule has 0 aliphatic heterocycles. The van der Waals surface area contributed by atoms with E-state index in [-0.39, 0.29) is 11.4 Å². The lowest BCUT2D eigenvalue weighted by molar-refractivity contribution is 0.579. The molecule has 0 amide bonds. The van der Waals surface area contributed by atoms with Crippen LogP contribution in [0.2, 0.25) is 0 Å². The first kappa shape index (κ1) is 14.5. The zero-order valence-electron chi connectivity index (χ0n) is 11.5. The smallest absolute Gasteiger partial charge is 0.240 e. The lowest BCUT2D eigenvalue weighted by atomic mass is 10.1. The van der Waals surface area contributed by atoms with Crippen LogP contribution in [0, 0.1) is 0 Å². The number of aryl methyl sites for hydroxylation is 2. The van der Waals surface area contributed by atoms with Gasteiger partial charge in [0.2, 0.25) is 10.0 Å². The van der Waals surface area contributed by atoms with Crippen molar-refractivity contribution in [3.63, 3.8) is 0 Å². The van der Waals surface area contributed by atoms with E-state index in [9.17, 15) is 8.42 Å². The van der Waals surface area contributed by atoms with E-state index in [2.05, 4.69) is 9.82 Å². The minimum absolute atomic E-state index is 0.151. The fraction of sp³-hybridized carbons (Fsp3) is 0.308. The molecule has 3 N–H and O–H groups in total. The minimum Gasteiger partial charge on any atom is -0.398 e. The zero-order valence-corrected chi connectivity index (χ0v) is 12.3. The Hall–Kier alpha value is -1.86. The number of hydrogen-bond acceptors (Lipinski definition) is 4. The first-order chi connectivity index (χ1) is 9.42. The molecule has 2 aromatic rings. The summed E-state index contributed by atoms with van der Waals surface area (Å²) < 4.78 is 28.5. The number of nitrogen functional groups attached to an aromatic ring is 1. The van der Waals surface area contributed by atoms with Crippen LogP contribution in [0.3, 0.4) is 0 Å². The van der Waals surface area contributed by atoms with Crippen molar-refractivity contribution in [3.05, 3.63) is 41.7 Å². The second kappa shape index (κ2) is 5.64. The van der Waals surface area contributed by atoms with Crippen LogP contribution in [0.4, 0.5) is 5.69 Å². The fourth-order valence-corrected chi connectivity index (χ4v) is 2.91. The molecule has 0 unspecified atom stereocenters. The molecular formula is C13H18N4O2S. The minimum atomic E-state index is -3.58. The number of rotatable bonds is 5. The van der Waals surface area contributed by atoms with E-state index in [0.717, 1.165) is 12.0 Å². The van der Waals surface area contributed by atoms with Gasteiger partial charge in [0.05, 0.1) is 17.1 Å². The van der Waals surface area contributed by atoms with Gasteiger partial charge in [0, 0.05) is 18.9 Å². The van der Waals surface area contributed by atoms with Gasteiger partial charge in [-0.05, 0) is 30.2 Å². The summed E-state index contributed by atoms with van der Waals surface area (Å²) in [5.41, 5.74) is 7.92. The van der Waals surface area contributed by atoms with Crippen LogP contribution in [0.5, 0.6) is 0 Å². The van der Waals surface area contributed by atoms with Crippen LogP contribution in [0.15, 0.2) is 35.4 Å². The van der Waals surface area contributed by atoms with Gasteiger partial charge >= 0.3 is 0 Å². The van der Waals surface area contributed by atoms with Crippen molar-refractivity contribution in [2.24, 2.45) is 7.05 Å². The second-order valence-electron chi connectivity index (χ2n) is 4.52. The Balaban J connectivity index is 2.15. The van der Waals surface area contributed by atoms with Gasteiger partial charge in [-0.1, -0.05) is 13.0 Å². The molecule has 0 spiro atoms. The van der Waals surface area contributed by atoms with Crippen molar-refractivity contribution in [3.8, 4) is 0 Å². The number of anilines is 1. The Bertz CT molecular complexity index is 707. The third-order valence-corrected chi connectivity index (χ3v) is 4.42. The molecule has 2 rings (SSSR count). The Kier molecular flexibility index (Phi) is 4.10. The van der Waals surface area contributed by atoms with Crippen LogP contribution in [-0.2, 0) is 30.0 Å². The topological polar surface area (TPSA) is 90.0 Å². The number of sulfonamides is 1. The Morgan fingerprint density at radius 2 is 2.10 bits per heavy atom. The Labute approximate surface area is 118 Å². The lowest BCUT2D eigenvalue weighted by Crippen LogP contribution is -2.23. The Morgan fingerprint density at radius 3 is 2.65 bits per heavy atom. The molecule has 20 heavy (non-hydrogen) atoms. The maximum absolute atomic E-state index is 12.2. The lowest BCUT2D eigenvalue weighted by Gasteiger charge is -2.08. The predicted octanol–water partition coefficient (Wildman–Crippen LogP) is 1.04. The highest BCUT2D eigenvalue weighted by molar-refractivity contribution is 7.89. The van der Waals surface area contributed by atoms with Crippen LogP contribution in [-0.4, -0.2) is 18.2 Å². The molecule has 0 atom stereocenters. The summed E-state index contributed by atoms with van der Waals surface area (Å²) in [6.45, 7) is 2.12. The molecule has 1 aromatic heterocycles. The van der Waals surface area contributed by atoms with E-state index >= 15 is 0 Å². The predicted molar refractivity (Wildman–Crippen MR) is 77.5 cm³/mol. The molecule has 0 radical (unpaired) electrons. The van der Waals surface area contributed by atoms with Gasteiger partial charge in [-0.3, -0.25) is 4.68 Å². The summed E-state index contributed by atoms with van der Waals surface area (Å²) in [5.74, 6) is 0. The van der Waals surface area contributed by atoms with Crippen molar-refractivity contribution in [2.75, 3.05) is 5.73 Å². The highest BCUT2D eigenvalue weighted by Crippen LogP contribution is 2.18. The van der Waals surface area contributed by atoms with Gasteiger partial charge in [0.25, 0.3) is 0 Å². The SMILES string of the molecule is CCc1ccc(S(=O)(=O)NCc2ccn(C)n2)cc1N. The summed E-state index contributed by atoms with van der Waals surface area (Å²) in [5, 5.41) is 4.12. The summed E-state index contributed by atoms with van der Waals surface area (Å²) in [6, 6.07) is 6.55. The highest BCUT2D eigenvalue weighted by atomic mass is 32.2. The molecule has 0 aliphatic rings. The van der Waals surface area contributed by atoms with Crippen molar-refractivity contribution >= 4 is 15.7 Å². The first-order valence-corrected chi connectivity index (χ1v) is 7.77. The quantitative estimate of drug-likeness (QED) is 0.806. The normalized spacial score (nSPS) is 11.7. The van der Waals surface area contributed by atoms with Gasteiger partial charge in [-0.2, -0.15) is 5.10 Å². The largest absolute Gasteiger partial charge is 0.398 e. The second-order valence-corrected chi connectivity index (χ2v) is 6.29. The maximum atomic E-state index is 12.2. The zero-order chi connectivity index (χ0) is 14.8. The number of nitrogens with two attached hydrogens (primary N) is 1. The van der Waals surface area contributed by atoms with E-state index in [1.54, 1.807) is 36.1 Å². The molecule has 7 heteroatoms. The van der Waals surface area contributed by atoms with Gasteiger partial charge in [-0.25, -0.2) is 13.1 Å². The van der Waals surface area contributed by atoms with Gasteiger partial charge in [0.15, 0.2) is 0 Å². The summed E-state index contributed by atoms with van der Waals surface area (Å²) in [4.78, 5) is 0.170. The number of nitrogens with zero attached hydrogens (tertiary/aromatic N) is 2. The number of hydrogen-bond donors (Lipinski definition) is 2. The first-order valence-electron chi connectivity index (χ1n) is 6.29. The molecule has 1 aromatic carbocycles. The van der Waals surface area contributed by atoms with Gasteiger partial charge < -0.3 is 5.73 Å². The molecule has 108 valence electrons. The standard InChI is InChI=1S/C13H18N4O2S/c1-3-10-4-5-12(8-13(10)14)20(18,19)15-9-11-6-7-17(2)16-11/h4-8,15H,3,9,14H2,1-2H3. The summed E-state index contributed by atoms with van der Waals surface area (Å²) >= 11 is 0. The maximum Gasteiger partial charge on any atom is 0.240 e. The van der Waals surface area contributed by atoms with E-state index in [1.165, 1.54) is 6.07 Å². The van der Waals surface area contributed by atoms with E-state index in [1.807, 2.05) is 6.92 Å². The fourth-order valence-electron chi connectivity index (χ4n) is 1.87. The molecular weight excluding hydrogens is 276 g/mol.